The maximum atomic E-state index is 15.2. The number of anilines is 3. The molecule has 200 valence electrons. The highest BCUT2D eigenvalue weighted by molar-refractivity contribution is 7.99. The number of hydrogen-bond acceptors (Lipinski definition) is 6. The number of para-hydroxylation sites is 1. The Bertz CT molecular complexity index is 1310. The molecule has 3 aromatic rings. The topological polar surface area (TPSA) is 61.4 Å². The molecule has 0 radical (unpaired) electrons. The number of thioether (sulfide) groups is 1. The van der Waals surface area contributed by atoms with Gasteiger partial charge in [0.25, 0.3) is 11.8 Å². The second-order valence-electron chi connectivity index (χ2n) is 9.78. The first kappa shape index (κ1) is 27.1. The summed E-state index contributed by atoms with van der Waals surface area (Å²) in [6, 6.07) is 11.6. The number of carbonyl (C=O) groups is 1. The standard InChI is InChI=1S/C27H27Cl2F2N5OS/c1-35(2)19-12-8-17(9-13-19)27(30,31)16-6-10-18(11-7-16)33-26-32-14-20-24(34-26)38-15-36(25(20)37)23-21(28)4-3-5-22(23)29/h3-7,10-11,14,17,19H,8-9,12-13,15H2,1-2H3,(H,32,33,34). The third-order valence-corrected chi connectivity index (χ3v) is 8.81. The predicted molar refractivity (Wildman–Crippen MR) is 149 cm³/mol. The molecule has 1 saturated carbocycles. The van der Waals surface area contributed by atoms with Gasteiger partial charge in [0.15, 0.2) is 0 Å². The van der Waals surface area contributed by atoms with E-state index < -0.39 is 11.8 Å². The molecular weight excluding hydrogens is 551 g/mol. The highest BCUT2D eigenvalue weighted by Crippen LogP contribution is 2.44. The Morgan fingerprint density at radius 1 is 1.05 bits per heavy atom. The second-order valence-corrected chi connectivity index (χ2v) is 11.5. The molecule has 0 spiro atoms. The number of rotatable bonds is 6. The molecule has 0 saturated heterocycles. The van der Waals surface area contributed by atoms with E-state index in [1.165, 1.54) is 35.0 Å². The Labute approximate surface area is 234 Å². The van der Waals surface area contributed by atoms with Gasteiger partial charge in [-0.05, 0) is 64.0 Å². The van der Waals surface area contributed by atoms with Crippen molar-refractivity contribution in [3.8, 4) is 0 Å². The molecule has 1 aliphatic heterocycles. The smallest absolute Gasteiger partial charge is 0.276 e. The van der Waals surface area contributed by atoms with Gasteiger partial charge in [-0.3, -0.25) is 9.69 Å². The number of hydrogen-bond donors (Lipinski definition) is 1. The number of alkyl halides is 2. The lowest BCUT2D eigenvalue weighted by Gasteiger charge is -2.36. The van der Waals surface area contributed by atoms with Crippen LogP contribution in [0, 0.1) is 5.92 Å². The summed E-state index contributed by atoms with van der Waals surface area (Å²) in [4.78, 5) is 25.5. The van der Waals surface area contributed by atoms with Crippen molar-refractivity contribution in [1.29, 1.82) is 0 Å². The number of halogens is 4. The van der Waals surface area contributed by atoms with E-state index in [2.05, 4.69) is 20.2 Å². The molecule has 2 heterocycles. The third-order valence-electron chi connectivity index (χ3n) is 7.23. The largest absolute Gasteiger partial charge is 0.324 e. The number of nitrogens with one attached hydrogen (secondary N) is 1. The van der Waals surface area contributed by atoms with Crippen molar-refractivity contribution in [2.45, 2.75) is 42.7 Å². The summed E-state index contributed by atoms with van der Waals surface area (Å²) < 4.78 is 30.5. The average molecular weight is 579 g/mol. The zero-order chi connectivity index (χ0) is 27.0. The second kappa shape index (κ2) is 11.0. The molecule has 1 aliphatic carbocycles. The number of fused-ring (bicyclic) bond motifs is 1. The van der Waals surface area contributed by atoms with Gasteiger partial charge in [-0.1, -0.05) is 53.2 Å². The Morgan fingerprint density at radius 3 is 2.34 bits per heavy atom. The average Bonchev–Trinajstić information content (AvgIpc) is 2.90. The van der Waals surface area contributed by atoms with E-state index in [0.29, 0.717) is 50.9 Å². The minimum Gasteiger partial charge on any atom is -0.324 e. The molecule has 5 rings (SSSR count). The quantitative estimate of drug-likeness (QED) is 0.307. The van der Waals surface area contributed by atoms with Crippen molar-refractivity contribution in [1.82, 2.24) is 14.9 Å². The number of amides is 1. The first-order chi connectivity index (χ1) is 18.1. The molecule has 2 aromatic carbocycles. The maximum absolute atomic E-state index is 15.2. The van der Waals surface area contributed by atoms with Crippen LogP contribution in [0.15, 0.2) is 53.7 Å². The van der Waals surface area contributed by atoms with Crippen molar-refractivity contribution < 1.29 is 13.6 Å². The van der Waals surface area contributed by atoms with E-state index in [-0.39, 0.29) is 23.3 Å². The molecule has 11 heteroatoms. The summed E-state index contributed by atoms with van der Waals surface area (Å²) in [5.41, 5.74) is 1.38. The minimum absolute atomic E-state index is 0.0159. The van der Waals surface area contributed by atoms with Gasteiger partial charge in [-0.15, -0.1) is 0 Å². The van der Waals surface area contributed by atoms with Crippen LogP contribution in [0.2, 0.25) is 10.0 Å². The van der Waals surface area contributed by atoms with Gasteiger partial charge < -0.3 is 10.2 Å². The molecule has 1 amide bonds. The van der Waals surface area contributed by atoms with Gasteiger partial charge in [-0.2, -0.15) is 0 Å². The number of carbonyl (C=O) groups excluding carboxylic acids is 1. The zero-order valence-electron chi connectivity index (χ0n) is 20.9. The summed E-state index contributed by atoms with van der Waals surface area (Å²) >= 11 is 13.9. The predicted octanol–water partition coefficient (Wildman–Crippen LogP) is 7.45. The van der Waals surface area contributed by atoms with Crippen LogP contribution >= 0.6 is 35.0 Å². The normalized spacial score (nSPS) is 20.0. The van der Waals surface area contributed by atoms with E-state index >= 15 is 8.78 Å². The van der Waals surface area contributed by atoms with Crippen molar-refractivity contribution in [3.05, 3.63) is 69.8 Å². The Balaban J connectivity index is 1.27. The van der Waals surface area contributed by atoms with E-state index in [9.17, 15) is 4.79 Å². The fraction of sp³-hybridized carbons (Fsp3) is 0.370. The van der Waals surface area contributed by atoms with Crippen LogP contribution in [0.25, 0.3) is 0 Å². The number of nitrogens with zero attached hydrogens (tertiary/aromatic N) is 4. The SMILES string of the molecule is CN(C)C1CCC(C(F)(F)c2ccc(Nc3ncc4c(n3)SCN(c3c(Cl)cccc3Cl)C4=O)cc2)CC1. The zero-order valence-corrected chi connectivity index (χ0v) is 23.3. The summed E-state index contributed by atoms with van der Waals surface area (Å²) in [6.45, 7) is 0. The Hall–Kier alpha value is -2.46. The molecule has 1 fully saturated rings. The fourth-order valence-corrected chi connectivity index (χ4v) is 6.57. The monoisotopic (exact) mass is 577 g/mol. The summed E-state index contributed by atoms with van der Waals surface area (Å²) in [7, 11) is 4.01. The molecule has 38 heavy (non-hydrogen) atoms. The van der Waals surface area contributed by atoms with Gasteiger partial charge in [0.05, 0.1) is 27.2 Å². The van der Waals surface area contributed by atoms with Gasteiger partial charge >= 0.3 is 0 Å². The van der Waals surface area contributed by atoms with E-state index in [4.69, 9.17) is 23.2 Å². The maximum Gasteiger partial charge on any atom is 0.276 e. The van der Waals surface area contributed by atoms with Crippen molar-refractivity contribution in [3.63, 3.8) is 0 Å². The summed E-state index contributed by atoms with van der Waals surface area (Å²) in [5.74, 6) is -3.28. The van der Waals surface area contributed by atoms with Gasteiger partial charge in [0.2, 0.25) is 5.95 Å². The van der Waals surface area contributed by atoms with Gasteiger partial charge in [0.1, 0.15) is 5.03 Å². The van der Waals surface area contributed by atoms with E-state index in [1.807, 2.05) is 14.1 Å². The van der Waals surface area contributed by atoms with Gasteiger partial charge in [0, 0.05) is 29.4 Å². The van der Waals surface area contributed by atoms with Crippen molar-refractivity contribution in [2.75, 3.05) is 30.2 Å². The van der Waals surface area contributed by atoms with Crippen LogP contribution in [-0.4, -0.2) is 46.8 Å². The summed E-state index contributed by atoms with van der Waals surface area (Å²) in [5, 5.41) is 4.33. The molecule has 0 unspecified atom stereocenters. The van der Waals surface area contributed by atoms with E-state index in [1.54, 1.807) is 30.3 Å². The van der Waals surface area contributed by atoms with Crippen LogP contribution in [0.1, 0.15) is 41.6 Å². The summed E-state index contributed by atoms with van der Waals surface area (Å²) in [6.07, 6.45) is 4.03. The highest BCUT2D eigenvalue weighted by atomic mass is 35.5. The molecule has 1 aromatic heterocycles. The first-order valence-corrected chi connectivity index (χ1v) is 14.1. The van der Waals surface area contributed by atoms with Crippen LogP contribution in [-0.2, 0) is 5.92 Å². The molecule has 2 aliphatic rings. The van der Waals surface area contributed by atoms with Crippen LogP contribution < -0.4 is 10.2 Å². The van der Waals surface area contributed by atoms with Crippen LogP contribution in [0.5, 0.6) is 0 Å². The van der Waals surface area contributed by atoms with E-state index in [0.717, 1.165) is 12.8 Å². The fourth-order valence-electron chi connectivity index (χ4n) is 5.02. The minimum atomic E-state index is -2.88. The highest BCUT2D eigenvalue weighted by Gasteiger charge is 2.43. The molecule has 0 atom stereocenters. The molecule has 1 N–H and O–H groups in total. The molecule has 0 bridgehead atoms. The number of aromatic nitrogens is 2. The lowest BCUT2D eigenvalue weighted by Crippen LogP contribution is -2.36. The molecular formula is C27H27Cl2F2N5OS. The van der Waals surface area contributed by atoms with Crippen molar-refractivity contribution in [2.24, 2.45) is 5.92 Å². The lowest BCUT2D eigenvalue weighted by molar-refractivity contribution is -0.0831. The number of benzene rings is 2. The van der Waals surface area contributed by atoms with Crippen LogP contribution in [0.4, 0.5) is 26.1 Å². The Kier molecular flexibility index (Phi) is 7.82. The lowest BCUT2D eigenvalue weighted by atomic mass is 9.79. The first-order valence-electron chi connectivity index (χ1n) is 12.3. The van der Waals surface area contributed by atoms with Crippen molar-refractivity contribution >= 4 is 58.2 Å². The van der Waals surface area contributed by atoms with Crippen LogP contribution in [0.3, 0.4) is 0 Å². The Morgan fingerprint density at radius 2 is 1.71 bits per heavy atom. The third kappa shape index (κ3) is 5.34. The van der Waals surface area contributed by atoms with Gasteiger partial charge in [-0.25, -0.2) is 18.7 Å². The molecule has 6 nitrogen and oxygen atoms in total.